The van der Waals surface area contributed by atoms with E-state index in [1.807, 2.05) is 62.4 Å². The molecule has 0 unspecified atom stereocenters. The number of aromatic nitrogens is 2. The monoisotopic (exact) mass is 644 g/mol. The first-order valence-electron chi connectivity index (χ1n) is 15.6. The van der Waals surface area contributed by atoms with Crippen LogP contribution in [0.4, 0.5) is 0 Å². The number of nitrogens with zero attached hydrogens (tertiary/aromatic N) is 2. The topological polar surface area (TPSA) is 150 Å². The third kappa shape index (κ3) is 5.75. The van der Waals surface area contributed by atoms with E-state index in [-0.39, 0.29) is 30.1 Å². The molecule has 46 heavy (non-hydrogen) atoms. The van der Waals surface area contributed by atoms with E-state index in [1.54, 1.807) is 6.08 Å². The smallest absolute Gasteiger partial charge is 0.262 e. The van der Waals surface area contributed by atoms with Gasteiger partial charge in [0.1, 0.15) is 23.0 Å². The van der Waals surface area contributed by atoms with E-state index < -0.39 is 38.7 Å². The first-order chi connectivity index (χ1) is 22.1. The molecule has 2 saturated carbocycles. The molecular formula is C34H36N4O7S. The molecular weight excluding hydrogens is 608 g/mol. The van der Waals surface area contributed by atoms with E-state index in [2.05, 4.69) is 16.6 Å². The van der Waals surface area contributed by atoms with Gasteiger partial charge in [-0.05, 0) is 75.4 Å². The molecule has 2 aliphatic carbocycles. The summed E-state index contributed by atoms with van der Waals surface area (Å²) in [7, 11) is -3.73. The van der Waals surface area contributed by atoms with Crippen molar-refractivity contribution in [3.63, 3.8) is 0 Å². The quantitative estimate of drug-likeness (QED) is 0.208. The number of Topliss-reactive ketones (excluding diaryl/α,β-unsaturated/α-hetero) is 1. The molecule has 1 aliphatic heterocycles. The summed E-state index contributed by atoms with van der Waals surface area (Å²) in [6, 6.07) is 14.6. The summed E-state index contributed by atoms with van der Waals surface area (Å²) in [5, 5.41) is 3.53. The van der Waals surface area contributed by atoms with Crippen LogP contribution in [0.1, 0.15) is 46.0 Å². The Labute approximate surface area is 266 Å². The summed E-state index contributed by atoms with van der Waals surface area (Å²) >= 11 is 0. The van der Waals surface area contributed by atoms with Crippen LogP contribution in [0.15, 0.2) is 65.6 Å². The van der Waals surface area contributed by atoms with Crippen LogP contribution in [0, 0.1) is 11.3 Å². The van der Waals surface area contributed by atoms with Gasteiger partial charge in [0, 0.05) is 30.3 Å². The van der Waals surface area contributed by atoms with Gasteiger partial charge >= 0.3 is 0 Å². The Bertz CT molecular complexity index is 1950. The van der Waals surface area contributed by atoms with Gasteiger partial charge in [0.25, 0.3) is 5.88 Å². The summed E-state index contributed by atoms with van der Waals surface area (Å²) in [5.74, 6) is 0.428. The minimum Gasteiger partial charge on any atom is -0.491 e. The highest BCUT2D eigenvalue weighted by Gasteiger charge is 2.61. The Morgan fingerprint density at radius 3 is 2.61 bits per heavy atom. The number of para-hydroxylation sites is 1. The predicted molar refractivity (Wildman–Crippen MR) is 172 cm³/mol. The summed E-state index contributed by atoms with van der Waals surface area (Å²) in [5.41, 5.74) is 1.37. The van der Waals surface area contributed by atoms with E-state index in [4.69, 9.17) is 23.9 Å². The number of hydrogen-bond donors (Lipinski definition) is 2. The van der Waals surface area contributed by atoms with E-state index in [0.717, 1.165) is 16.7 Å². The molecule has 11 nitrogen and oxygen atoms in total. The molecule has 4 atom stereocenters. The van der Waals surface area contributed by atoms with Gasteiger partial charge in [0.05, 0.1) is 22.8 Å². The standard InChI is InChI=1S/C34H36N4O7S/c1-4-21-16-34(21,33(40)38-46(41,42)24-13-14-24)17-27(39)26-15-23(18-35-26)44-32-30-29(25-7-5-6-8-28(25)45-30)36-31(37-32)20-9-11-22(12-10-20)43-19(2)3/h4-12,19,21,23-24,26,35H,1,13-18H2,2-3H3,(H,38,40)/t21-,23-,26+,34-/m1/s1. The highest BCUT2D eigenvalue weighted by molar-refractivity contribution is 7.90. The number of ketones is 1. The lowest BCUT2D eigenvalue weighted by Gasteiger charge is -2.18. The maximum atomic E-state index is 13.5. The number of rotatable bonds is 12. The minimum absolute atomic E-state index is 0.0466. The second-order valence-corrected chi connectivity index (χ2v) is 14.7. The van der Waals surface area contributed by atoms with Crippen LogP contribution in [-0.2, 0) is 19.6 Å². The molecule has 2 aromatic heterocycles. The van der Waals surface area contributed by atoms with Crippen LogP contribution in [0.3, 0.4) is 0 Å². The van der Waals surface area contributed by atoms with E-state index in [0.29, 0.717) is 54.7 Å². The van der Waals surface area contributed by atoms with Crippen molar-refractivity contribution >= 4 is 43.8 Å². The zero-order chi connectivity index (χ0) is 32.2. The van der Waals surface area contributed by atoms with Crippen LogP contribution in [-0.4, -0.2) is 60.1 Å². The van der Waals surface area contributed by atoms with Gasteiger partial charge in [-0.3, -0.25) is 14.3 Å². The first kappa shape index (κ1) is 30.4. The highest BCUT2D eigenvalue weighted by atomic mass is 32.2. The Morgan fingerprint density at radius 2 is 1.91 bits per heavy atom. The van der Waals surface area contributed by atoms with E-state index in [1.165, 1.54) is 0 Å². The number of sulfonamides is 1. The summed E-state index contributed by atoms with van der Waals surface area (Å²) in [6.07, 6.45) is 3.00. The molecule has 3 heterocycles. The van der Waals surface area contributed by atoms with Crippen LogP contribution < -0.4 is 19.5 Å². The third-order valence-corrected chi connectivity index (χ3v) is 10.8. The van der Waals surface area contributed by atoms with Gasteiger partial charge < -0.3 is 19.2 Å². The van der Waals surface area contributed by atoms with E-state index >= 15 is 0 Å². The van der Waals surface area contributed by atoms with Crippen molar-refractivity contribution in [3.8, 4) is 23.0 Å². The number of amides is 1. The Morgan fingerprint density at radius 1 is 1.15 bits per heavy atom. The number of nitrogens with one attached hydrogen (secondary N) is 2. The van der Waals surface area contributed by atoms with Crippen LogP contribution in [0.25, 0.3) is 33.5 Å². The number of ether oxygens (including phenoxy) is 2. The van der Waals surface area contributed by atoms with Crippen LogP contribution >= 0.6 is 0 Å². The maximum absolute atomic E-state index is 13.5. The van der Waals surface area contributed by atoms with Crippen molar-refractivity contribution in [2.75, 3.05) is 6.54 Å². The average molecular weight is 645 g/mol. The van der Waals surface area contributed by atoms with Gasteiger partial charge in [-0.15, -0.1) is 6.58 Å². The summed E-state index contributed by atoms with van der Waals surface area (Å²) in [4.78, 5) is 36.2. The second-order valence-electron chi connectivity index (χ2n) is 12.8. The lowest BCUT2D eigenvalue weighted by atomic mass is 9.92. The Hall–Kier alpha value is -4.29. The molecule has 3 aliphatic rings. The van der Waals surface area contributed by atoms with Gasteiger partial charge in [-0.1, -0.05) is 18.2 Å². The number of benzene rings is 2. The van der Waals surface area contributed by atoms with Crippen molar-refractivity contribution in [2.45, 2.75) is 69.5 Å². The van der Waals surface area contributed by atoms with Crippen molar-refractivity contribution in [1.29, 1.82) is 0 Å². The van der Waals surface area contributed by atoms with Crippen LogP contribution in [0.5, 0.6) is 11.6 Å². The molecule has 1 amide bonds. The molecule has 7 rings (SSSR count). The fourth-order valence-corrected chi connectivity index (χ4v) is 7.62. The molecule has 1 saturated heterocycles. The van der Waals surface area contributed by atoms with Gasteiger partial charge in [0.15, 0.2) is 11.6 Å². The molecule has 2 N–H and O–H groups in total. The molecule has 4 aromatic rings. The van der Waals surface area contributed by atoms with Crippen molar-refractivity contribution in [1.82, 2.24) is 20.0 Å². The predicted octanol–water partition coefficient (Wildman–Crippen LogP) is 4.70. The summed E-state index contributed by atoms with van der Waals surface area (Å²) < 4.78 is 45.5. The fourth-order valence-electron chi connectivity index (χ4n) is 6.24. The van der Waals surface area contributed by atoms with Crippen molar-refractivity contribution < 1.29 is 31.9 Å². The van der Waals surface area contributed by atoms with Gasteiger partial charge in [-0.25, -0.2) is 13.4 Å². The Kier molecular flexibility index (Phi) is 7.59. The van der Waals surface area contributed by atoms with Crippen molar-refractivity contribution in [3.05, 3.63) is 61.2 Å². The number of fused-ring (bicyclic) bond motifs is 3. The average Bonchev–Trinajstić information content (AvgIpc) is 3.92. The van der Waals surface area contributed by atoms with Crippen molar-refractivity contribution in [2.24, 2.45) is 11.3 Å². The third-order valence-electron chi connectivity index (χ3n) is 8.99. The molecule has 240 valence electrons. The second kappa shape index (κ2) is 11.5. The maximum Gasteiger partial charge on any atom is 0.262 e. The normalized spacial score (nSPS) is 24.3. The van der Waals surface area contributed by atoms with Gasteiger partial charge in [0.2, 0.25) is 21.5 Å². The molecule has 2 aromatic carbocycles. The SMILES string of the molecule is C=C[C@@H]1C[C@]1(CC(=O)[C@@H]1C[C@@H](Oc2nc(-c3ccc(OC(C)C)cc3)nc3c2oc2ccccc23)CN1)C(=O)NS(=O)(=O)C1CC1. The van der Waals surface area contributed by atoms with Crippen LogP contribution in [0.2, 0.25) is 0 Å². The number of hydrogen-bond acceptors (Lipinski definition) is 10. The number of carbonyl (C=O) groups is 2. The lowest BCUT2D eigenvalue weighted by molar-refractivity contribution is -0.130. The molecule has 0 radical (unpaired) electrons. The number of carbonyl (C=O) groups excluding carboxylic acids is 2. The molecule has 3 fully saturated rings. The zero-order valence-corrected chi connectivity index (χ0v) is 26.5. The van der Waals surface area contributed by atoms with E-state index in [9.17, 15) is 18.0 Å². The highest BCUT2D eigenvalue weighted by Crippen LogP contribution is 2.56. The van der Waals surface area contributed by atoms with Gasteiger partial charge in [-0.2, -0.15) is 4.98 Å². The largest absolute Gasteiger partial charge is 0.491 e. The minimum atomic E-state index is -3.73. The number of furan rings is 1. The molecule has 0 bridgehead atoms. The lowest BCUT2D eigenvalue weighted by Crippen LogP contribution is -2.42. The number of allylic oxidation sites excluding steroid dienone is 1. The molecule has 12 heteroatoms. The molecule has 0 spiro atoms. The zero-order valence-electron chi connectivity index (χ0n) is 25.7. The summed E-state index contributed by atoms with van der Waals surface area (Å²) in [6.45, 7) is 8.10. The first-order valence-corrected chi connectivity index (χ1v) is 17.2. The Balaban J connectivity index is 1.10. The fraction of sp³-hybridized carbons (Fsp3) is 0.412.